The molecule has 0 atom stereocenters. The van der Waals surface area contributed by atoms with Crippen LogP contribution in [0, 0.1) is 0 Å². The molecular weight excluding hydrogens is 436 g/mol. The van der Waals surface area contributed by atoms with Crippen molar-refractivity contribution >= 4 is 23.3 Å². The van der Waals surface area contributed by atoms with E-state index in [0.717, 1.165) is 62.0 Å². The van der Waals surface area contributed by atoms with Crippen molar-refractivity contribution in [3.05, 3.63) is 58.7 Å². The Hall–Kier alpha value is -2.22. The highest BCUT2D eigenvalue weighted by Crippen LogP contribution is 2.23. The lowest BCUT2D eigenvalue weighted by atomic mass is 10.0. The van der Waals surface area contributed by atoms with E-state index in [2.05, 4.69) is 77.2 Å². The third-order valence-corrected chi connectivity index (χ3v) is 6.65. The molecule has 0 amide bonds. The average Bonchev–Trinajstić information content (AvgIpc) is 2.85. The van der Waals surface area contributed by atoms with Gasteiger partial charge in [0.15, 0.2) is 0 Å². The van der Waals surface area contributed by atoms with Gasteiger partial charge in [0.2, 0.25) is 0 Å². The molecule has 0 saturated heterocycles. The van der Waals surface area contributed by atoms with Crippen LogP contribution in [0.1, 0.15) is 128 Å². The minimum absolute atomic E-state index is 0.993. The Kier molecular flexibility index (Phi) is 15.1. The van der Waals surface area contributed by atoms with Gasteiger partial charge in [-0.15, -0.1) is 0 Å². The van der Waals surface area contributed by atoms with Gasteiger partial charge in [-0.25, -0.2) is 0 Å². The maximum Gasteiger partial charge on any atom is 0.0639 e. The van der Waals surface area contributed by atoms with E-state index in [0.29, 0.717) is 0 Å². The fourth-order valence-corrected chi connectivity index (χ4v) is 4.91. The Morgan fingerprint density at radius 1 is 0.528 bits per heavy atom. The maximum absolute atomic E-state index is 5.18. The molecule has 0 aliphatic heterocycles. The second-order valence-electron chi connectivity index (χ2n) is 10.4. The Morgan fingerprint density at radius 2 is 0.972 bits per heavy atom. The highest BCUT2D eigenvalue weighted by atomic mass is 14.8. The summed E-state index contributed by atoms with van der Waals surface area (Å²) >= 11 is 0. The molecule has 0 aromatic heterocycles. The first-order valence-electron chi connectivity index (χ1n) is 15.0. The van der Waals surface area contributed by atoms with Crippen LogP contribution in [0.3, 0.4) is 0 Å². The van der Waals surface area contributed by atoms with E-state index in [9.17, 15) is 0 Å². The average molecular weight is 489 g/mol. The van der Waals surface area contributed by atoms with Gasteiger partial charge in [0.25, 0.3) is 0 Å². The zero-order chi connectivity index (χ0) is 26.0. The largest absolute Gasteiger partial charge is 0.255 e. The number of unbranched alkanes of at least 4 members (excludes halogenated alkanes) is 5. The minimum atomic E-state index is 0.993. The fraction of sp³-hybridized carbons (Fsp3) is 0.588. The highest BCUT2D eigenvalue weighted by molar-refractivity contribution is 6.31. The van der Waals surface area contributed by atoms with E-state index >= 15 is 0 Å². The number of hydrogen-bond donors (Lipinski definition) is 0. The van der Waals surface area contributed by atoms with Gasteiger partial charge in [0.1, 0.15) is 0 Å². The van der Waals surface area contributed by atoms with E-state index in [-0.39, 0.29) is 0 Å². The van der Waals surface area contributed by atoms with Crippen molar-refractivity contribution in [2.45, 2.75) is 131 Å². The van der Waals surface area contributed by atoms with Crippen molar-refractivity contribution in [2.75, 3.05) is 0 Å². The summed E-state index contributed by atoms with van der Waals surface area (Å²) in [5, 5.41) is 0. The minimum Gasteiger partial charge on any atom is -0.255 e. The SMILES string of the molecule is CCCCCCCCC(C=Nc1cc(CCC)cc(CCC)c1)=Nc1cc(CCC)cc(CCC)c1. The van der Waals surface area contributed by atoms with Gasteiger partial charge in [-0.05, 0) is 85.0 Å². The summed E-state index contributed by atoms with van der Waals surface area (Å²) in [5.41, 5.74) is 8.92. The van der Waals surface area contributed by atoms with Gasteiger partial charge >= 0.3 is 0 Å². The third kappa shape index (κ3) is 11.7. The van der Waals surface area contributed by atoms with Crippen LogP contribution < -0.4 is 0 Å². The van der Waals surface area contributed by atoms with Gasteiger partial charge in [0.05, 0.1) is 17.1 Å². The van der Waals surface area contributed by atoms with Crippen molar-refractivity contribution in [3.8, 4) is 0 Å². The predicted molar refractivity (Wildman–Crippen MR) is 162 cm³/mol. The molecule has 0 N–H and O–H groups in total. The summed E-state index contributed by atoms with van der Waals surface area (Å²) in [5.74, 6) is 0. The van der Waals surface area contributed by atoms with Crippen LogP contribution >= 0.6 is 0 Å². The second kappa shape index (κ2) is 18.1. The lowest BCUT2D eigenvalue weighted by molar-refractivity contribution is 0.616. The molecule has 0 radical (unpaired) electrons. The summed E-state index contributed by atoms with van der Waals surface area (Å²) in [7, 11) is 0. The van der Waals surface area contributed by atoms with Gasteiger partial charge in [0, 0.05) is 6.21 Å². The Morgan fingerprint density at radius 3 is 1.44 bits per heavy atom. The molecule has 0 aliphatic rings. The molecule has 2 nitrogen and oxygen atoms in total. The lowest BCUT2D eigenvalue weighted by Gasteiger charge is -2.09. The van der Waals surface area contributed by atoms with Crippen molar-refractivity contribution in [3.63, 3.8) is 0 Å². The first kappa shape index (κ1) is 30.0. The van der Waals surface area contributed by atoms with Crippen molar-refractivity contribution in [1.82, 2.24) is 0 Å². The zero-order valence-electron chi connectivity index (χ0n) is 24.0. The molecular formula is C34H52N2. The second-order valence-corrected chi connectivity index (χ2v) is 10.4. The van der Waals surface area contributed by atoms with E-state index in [1.54, 1.807) is 0 Å². The van der Waals surface area contributed by atoms with Crippen molar-refractivity contribution in [2.24, 2.45) is 9.98 Å². The van der Waals surface area contributed by atoms with Gasteiger partial charge in [-0.1, -0.05) is 105 Å². The van der Waals surface area contributed by atoms with Crippen LogP contribution in [0.2, 0.25) is 0 Å². The van der Waals surface area contributed by atoms with E-state index in [1.165, 1.54) is 73.6 Å². The summed E-state index contributed by atoms with van der Waals surface area (Å²) < 4.78 is 0. The molecule has 0 unspecified atom stereocenters. The van der Waals surface area contributed by atoms with Crippen molar-refractivity contribution in [1.29, 1.82) is 0 Å². The van der Waals surface area contributed by atoms with Crippen LogP contribution in [-0.4, -0.2) is 11.9 Å². The zero-order valence-corrected chi connectivity index (χ0v) is 24.0. The monoisotopic (exact) mass is 488 g/mol. The number of hydrogen-bond acceptors (Lipinski definition) is 2. The van der Waals surface area contributed by atoms with E-state index in [4.69, 9.17) is 9.98 Å². The molecule has 198 valence electrons. The fourth-order valence-electron chi connectivity index (χ4n) is 4.91. The molecule has 0 heterocycles. The maximum atomic E-state index is 5.18. The molecule has 2 aromatic carbocycles. The number of nitrogens with zero attached hydrogens (tertiary/aromatic N) is 2. The third-order valence-electron chi connectivity index (χ3n) is 6.65. The van der Waals surface area contributed by atoms with Crippen LogP contribution in [0.4, 0.5) is 11.4 Å². The lowest BCUT2D eigenvalue weighted by Crippen LogP contribution is -2.01. The Labute approximate surface area is 222 Å². The quantitative estimate of drug-likeness (QED) is 0.147. The van der Waals surface area contributed by atoms with Gasteiger partial charge in [-0.2, -0.15) is 0 Å². The molecule has 2 rings (SSSR count). The molecule has 0 saturated carbocycles. The molecule has 0 fully saturated rings. The summed E-state index contributed by atoms with van der Waals surface area (Å²) in [6, 6.07) is 13.9. The first-order chi connectivity index (χ1) is 17.6. The topological polar surface area (TPSA) is 24.7 Å². The molecule has 0 aliphatic carbocycles. The Balaban J connectivity index is 2.32. The van der Waals surface area contributed by atoms with Crippen LogP contribution in [0.5, 0.6) is 0 Å². The van der Waals surface area contributed by atoms with E-state index in [1.807, 2.05) is 0 Å². The summed E-state index contributed by atoms with van der Waals surface area (Å²) in [4.78, 5) is 10.2. The molecule has 2 heteroatoms. The molecule has 0 bridgehead atoms. The Bertz CT molecular complexity index is 890. The number of rotatable bonds is 18. The van der Waals surface area contributed by atoms with E-state index < -0.39 is 0 Å². The van der Waals surface area contributed by atoms with Crippen molar-refractivity contribution < 1.29 is 0 Å². The highest BCUT2D eigenvalue weighted by Gasteiger charge is 2.05. The summed E-state index contributed by atoms with van der Waals surface area (Å²) in [6.07, 6.45) is 19.9. The number of benzene rings is 2. The summed E-state index contributed by atoms with van der Waals surface area (Å²) in [6.45, 7) is 11.3. The van der Waals surface area contributed by atoms with Crippen LogP contribution in [0.15, 0.2) is 46.4 Å². The van der Waals surface area contributed by atoms with Gasteiger partial charge in [-0.3, -0.25) is 9.98 Å². The van der Waals surface area contributed by atoms with Gasteiger partial charge < -0.3 is 0 Å². The van der Waals surface area contributed by atoms with Crippen LogP contribution in [-0.2, 0) is 25.7 Å². The first-order valence-corrected chi connectivity index (χ1v) is 15.0. The molecule has 2 aromatic rings. The standard InChI is InChI=1S/C34H52N2/c1-6-11-12-13-14-15-20-32(36-34-25-30(18-9-4)22-31(26-34)19-10-5)27-35-33-23-28(16-7-2)21-29(24-33)17-8-3/h21-27H,6-20H2,1-5H3. The van der Waals surface area contributed by atoms with Crippen LogP contribution in [0.25, 0.3) is 0 Å². The number of aliphatic imine (C=N–C) groups is 2. The smallest absolute Gasteiger partial charge is 0.0639 e. The predicted octanol–water partition coefficient (Wildman–Crippen LogP) is 10.7. The normalized spacial score (nSPS) is 12.1. The number of aryl methyl sites for hydroxylation is 4. The molecule has 0 spiro atoms. The molecule has 36 heavy (non-hydrogen) atoms.